The summed E-state index contributed by atoms with van der Waals surface area (Å²) in [5.41, 5.74) is 0.941. The predicted octanol–water partition coefficient (Wildman–Crippen LogP) is 2.50. The molecule has 5 N–H and O–H groups in total. The van der Waals surface area contributed by atoms with Crippen LogP contribution in [0, 0.1) is 0 Å². The molecule has 3 atom stereocenters. The van der Waals surface area contributed by atoms with E-state index in [1.54, 1.807) is 6.07 Å². The summed E-state index contributed by atoms with van der Waals surface area (Å²) in [6, 6.07) is 6.78. The molecule has 0 saturated heterocycles. The minimum absolute atomic E-state index is 0.127. The van der Waals surface area contributed by atoms with Gasteiger partial charge in [0.15, 0.2) is 17.6 Å². The van der Waals surface area contributed by atoms with Crippen molar-refractivity contribution in [3.05, 3.63) is 41.5 Å². The van der Waals surface area contributed by atoms with E-state index in [0.29, 0.717) is 17.5 Å². The molecule has 122 valence electrons. The lowest BCUT2D eigenvalue weighted by molar-refractivity contribution is -0.00241. The number of phenolic OH excluding ortho intramolecular Hbond substituents is 4. The van der Waals surface area contributed by atoms with Crippen molar-refractivity contribution < 1.29 is 30.3 Å². The molecule has 0 fully saturated rings. The van der Waals surface area contributed by atoms with E-state index in [1.807, 2.05) is 6.92 Å². The number of hydrogen-bond acceptors (Lipinski definition) is 6. The summed E-state index contributed by atoms with van der Waals surface area (Å²) in [4.78, 5) is 0. The van der Waals surface area contributed by atoms with E-state index in [1.165, 1.54) is 24.3 Å². The van der Waals surface area contributed by atoms with Gasteiger partial charge in [0.25, 0.3) is 0 Å². The zero-order valence-electron chi connectivity index (χ0n) is 12.5. The fourth-order valence-corrected chi connectivity index (χ4v) is 3.08. The zero-order valence-corrected chi connectivity index (χ0v) is 12.5. The largest absolute Gasteiger partial charge is 0.508 e. The molecule has 6 heteroatoms. The van der Waals surface area contributed by atoms with Crippen LogP contribution in [0.1, 0.15) is 36.5 Å². The number of rotatable bonds is 2. The van der Waals surface area contributed by atoms with Gasteiger partial charge in [-0.1, -0.05) is 13.0 Å². The van der Waals surface area contributed by atoms with E-state index >= 15 is 0 Å². The van der Waals surface area contributed by atoms with Gasteiger partial charge in [0.05, 0.1) is 0 Å². The Morgan fingerprint density at radius 2 is 1.70 bits per heavy atom. The van der Waals surface area contributed by atoms with E-state index in [9.17, 15) is 25.5 Å². The molecule has 0 bridgehead atoms. The molecule has 0 aliphatic carbocycles. The number of aliphatic hydroxyl groups is 1. The summed E-state index contributed by atoms with van der Waals surface area (Å²) < 4.78 is 5.76. The molecule has 0 radical (unpaired) electrons. The fourth-order valence-electron chi connectivity index (χ4n) is 3.08. The van der Waals surface area contributed by atoms with Crippen LogP contribution in [-0.4, -0.2) is 31.6 Å². The van der Waals surface area contributed by atoms with Gasteiger partial charge in [0.1, 0.15) is 23.4 Å². The molecule has 2 aromatic carbocycles. The van der Waals surface area contributed by atoms with Crippen LogP contribution >= 0.6 is 0 Å². The van der Waals surface area contributed by atoms with E-state index in [2.05, 4.69) is 0 Å². The van der Waals surface area contributed by atoms with Gasteiger partial charge in [-0.15, -0.1) is 0 Å². The molecular weight excluding hydrogens is 300 g/mol. The monoisotopic (exact) mass is 318 g/mol. The average molecular weight is 318 g/mol. The maximum atomic E-state index is 10.6. The SMILES string of the molecule is CC[C@@H]1c2c(O)cc(O)cc2O[C@H](c2ccc(O)c(O)c2)[C@@H]1O. The summed E-state index contributed by atoms with van der Waals surface area (Å²) in [5, 5.41) is 49.4. The molecule has 0 amide bonds. The molecular formula is C17H18O6. The Hall–Kier alpha value is -2.60. The van der Waals surface area contributed by atoms with Crippen LogP contribution in [0.2, 0.25) is 0 Å². The highest BCUT2D eigenvalue weighted by Gasteiger charge is 2.39. The topological polar surface area (TPSA) is 110 Å². The van der Waals surface area contributed by atoms with Crippen LogP contribution in [0.3, 0.4) is 0 Å². The molecule has 1 aliphatic heterocycles. The summed E-state index contributed by atoms with van der Waals surface area (Å²) >= 11 is 0. The third-order valence-corrected chi connectivity index (χ3v) is 4.22. The van der Waals surface area contributed by atoms with Gasteiger partial charge >= 0.3 is 0 Å². The lowest BCUT2D eigenvalue weighted by Crippen LogP contribution is -2.34. The van der Waals surface area contributed by atoms with Gasteiger partial charge in [0, 0.05) is 23.6 Å². The van der Waals surface area contributed by atoms with Crippen LogP contribution < -0.4 is 4.74 Å². The maximum Gasteiger partial charge on any atom is 0.157 e. The number of aliphatic hydroxyl groups excluding tert-OH is 1. The molecule has 2 aromatic rings. The molecule has 1 heterocycles. The van der Waals surface area contributed by atoms with Crippen molar-refractivity contribution in [2.45, 2.75) is 31.5 Å². The van der Waals surface area contributed by atoms with Crippen molar-refractivity contribution in [1.29, 1.82) is 0 Å². The number of ether oxygens (including phenoxy) is 1. The molecule has 0 aromatic heterocycles. The van der Waals surface area contributed by atoms with E-state index < -0.39 is 12.2 Å². The van der Waals surface area contributed by atoms with Crippen LogP contribution in [0.5, 0.6) is 28.7 Å². The molecule has 0 saturated carbocycles. The third kappa shape index (κ3) is 2.51. The minimum atomic E-state index is -0.952. The van der Waals surface area contributed by atoms with Crippen molar-refractivity contribution in [3.63, 3.8) is 0 Å². The molecule has 0 spiro atoms. The summed E-state index contributed by atoms with van der Waals surface area (Å²) in [7, 11) is 0. The highest BCUT2D eigenvalue weighted by Crippen LogP contribution is 2.49. The Balaban J connectivity index is 2.09. The van der Waals surface area contributed by atoms with Crippen molar-refractivity contribution in [2.75, 3.05) is 0 Å². The molecule has 3 rings (SSSR count). The van der Waals surface area contributed by atoms with E-state index in [-0.39, 0.29) is 34.7 Å². The van der Waals surface area contributed by atoms with Crippen molar-refractivity contribution in [3.8, 4) is 28.7 Å². The molecule has 6 nitrogen and oxygen atoms in total. The maximum absolute atomic E-state index is 10.6. The van der Waals surface area contributed by atoms with Crippen molar-refractivity contribution >= 4 is 0 Å². The Labute approximate surface area is 132 Å². The Bertz CT molecular complexity index is 742. The predicted molar refractivity (Wildman–Crippen MR) is 82.0 cm³/mol. The first-order valence-corrected chi connectivity index (χ1v) is 7.34. The Kier molecular flexibility index (Phi) is 3.69. The number of aromatic hydroxyl groups is 4. The van der Waals surface area contributed by atoms with Crippen LogP contribution in [0.15, 0.2) is 30.3 Å². The van der Waals surface area contributed by atoms with Gasteiger partial charge in [0.2, 0.25) is 0 Å². The van der Waals surface area contributed by atoms with Crippen molar-refractivity contribution in [1.82, 2.24) is 0 Å². The lowest BCUT2D eigenvalue weighted by atomic mass is 9.82. The average Bonchev–Trinajstić information content (AvgIpc) is 2.50. The van der Waals surface area contributed by atoms with Crippen LogP contribution in [0.25, 0.3) is 0 Å². The second-order valence-electron chi connectivity index (χ2n) is 5.67. The second kappa shape index (κ2) is 5.55. The van der Waals surface area contributed by atoms with Gasteiger partial charge in [-0.05, 0) is 24.1 Å². The summed E-state index contributed by atoms with van der Waals surface area (Å²) in [5.74, 6) is -0.937. The summed E-state index contributed by atoms with van der Waals surface area (Å²) in [6.07, 6.45) is -1.19. The third-order valence-electron chi connectivity index (χ3n) is 4.22. The lowest BCUT2D eigenvalue weighted by Gasteiger charge is -2.37. The number of hydrogen-bond donors (Lipinski definition) is 5. The van der Waals surface area contributed by atoms with E-state index in [4.69, 9.17) is 4.74 Å². The second-order valence-corrected chi connectivity index (χ2v) is 5.67. The van der Waals surface area contributed by atoms with Crippen LogP contribution in [-0.2, 0) is 0 Å². The Morgan fingerprint density at radius 3 is 2.35 bits per heavy atom. The summed E-state index contributed by atoms with van der Waals surface area (Å²) in [6.45, 7) is 1.88. The fraction of sp³-hybridized carbons (Fsp3) is 0.294. The zero-order chi connectivity index (χ0) is 16.7. The highest BCUT2D eigenvalue weighted by atomic mass is 16.5. The molecule has 1 aliphatic rings. The van der Waals surface area contributed by atoms with Gasteiger partial charge in [-0.3, -0.25) is 0 Å². The van der Waals surface area contributed by atoms with Gasteiger partial charge < -0.3 is 30.3 Å². The van der Waals surface area contributed by atoms with Crippen LogP contribution in [0.4, 0.5) is 0 Å². The molecule has 0 unspecified atom stereocenters. The minimum Gasteiger partial charge on any atom is -0.508 e. The number of benzene rings is 2. The first-order valence-electron chi connectivity index (χ1n) is 7.34. The van der Waals surface area contributed by atoms with Gasteiger partial charge in [-0.2, -0.15) is 0 Å². The first-order chi connectivity index (χ1) is 10.9. The molecule has 23 heavy (non-hydrogen) atoms. The standard InChI is InChI=1S/C17H18O6/c1-2-10-15-13(21)6-9(18)7-14(15)23-17(16(10)22)8-3-4-11(19)12(20)5-8/h3-7,10,16-22H,2H2,1H3/t10-,16-,17-/m1/s1. The smallest absolute Gasteiger partial charge is 0.157 e. The van der Waals surface area contributed by atoms with E-state index in [0.717, 1.165) is 0 Å². The number of phenols is 4. The van der Waals surface area contributed by atoms with Crippen molar-refractivity contribution in [2.24, 2.45) is 0 Å². The highest BCUT2D eigenvalue weighted by molar-refractivity contribution is 5.54. The first kappa shape index (κ1) is 15.3. The Morgan fingerprint density at radius 1 is 0.957 bits per heavy atom. The normalized spacial score (nSPS) is 23.1. The number of fused-ring (bicyclic) bond motifs is 1. The van der Waals surface area contributed by atoms with Gasteiger partial charge in [-0.25, -0.2) is 0 Å². The quantitative estimate of drug-likeness (QED) is 0.544.